The summed E-state index contributed by atoms with van der Waals surface area (Å²) in [6.07, 6.45) is 4.01. The Morgan fingerprint density at radius 2 is 1.64 bits per heavy atom. The Kier molecular flexibility index (Phi) is 4.84. The first-order valence-corrected chi connectivity index (χ1v) is 10.8. The number of nitrogens with one attached hydrogen (secondary N) is 1. The quantitative estimate of drug-likeness (QED) is 0.876. The third kappa shape index (κ3) is 4.21. The van der Waals surface area contributed by atoms with Gasteiger partial charge in [-0.2, -0.15) is 0 Å². The van der Waals surface area contributed by atoms with E-state index in [0.717, 1.165) is 38.4 Å². The molecule has 124 valence electrons. The second-order valence-electron chi connectivity index (χ2n) is 5.92. The Bertz CT molecular complexity index is 749. The molecule has 1 heterocycles. The van der Waals surface area contributed by atoms with Crippen molar-refractivity contribution in [1.82, 2.24) is 4.90 Å². The van der Waals surface area contributed by atoms with E-state index in [4.69, 9.17) is 0 Å². The third-order valence-electron chi connectivity index (χ3n) is 3.86. The fourth-order valence-electron chi connectivity index (χ4n) is 2.53. The molecule has 1 aliphatic rings. The fourth-order valence-corrected chi connectivity index (χ4v) is 4.12. The normalized spacial score (nSPS) is 18.3. The van der Waals surface area contributed by atoms with Crippen molar-refractivity contribution in [3.63, 3.8) is 0 Å². The minimum absolute atomic E-state index is 0.0156. The summed E-state index contributed by atoms with van der Waals surface area (Å²) in [5, 5.41) is 3.25. The maximum Gasteiger partial charge on any atom is 0.177 e. The minimum Gasteiger partial charge on any atom is -0.381 e. The average Bonchev–Trinajstić information content (AvgIpc) is 2.39. The molecule has 0 aromatic heterocycles. The van der Waals surface area contributed by atoms with Crippen molar-refractivity contribution in [3.05, 3.63) is 18.2 Å². The predicted octanol–water partition coefficient (Wildman–Crippen LogP) is 1.000. The van der Waals surface area contributed by atoms with Crippen LogP contribution in [0.15, 0.2) is 28.0 Å². The fraction of sp³-hybridized carbons (Fsp3) is 0.571. The molecule has 1 aromatic carbocycles. The van der Waals surface area contributed by atoms with Crippen molar-refractivity contribution in [3.8, 4) is 0 Å². The van der Waals surface area contributed by atoms with Gasteiger partial charge in [-0.15, -0.1) is 0 Å². The van der Waals surface area contributed by atoms with Crippen molar-refractivity contribution < 1.29 is 16.8 Å². The van der Waals surface area contributed by atoms with Crippen molar-refractivity contribution in [2.75, 3.05) is 38.0 Å². The van der Waals surface area contributed by atoms with Crippen LogP contribution >= 0.6 is 0 Å². The van der Waals surface area contributed by atoms with Gasteiger partial charge in [0.15, 0.2) is 19.7 Å². The van der Waals surface area contributed by atoms with Crippen LogP contribution in [-0.2, 0) is 19.7 Å². The highest BCUT2D eigenvalue weighted by atomic mass is 32.2. The molecule has 1 N–H and O–H groups in total. The molecule has 0 radical (unpaired) electrons. The van der Waals surface area contributed by atoms with E-state index in [1.54, 1.807) is 6.07 Å². The smallest absolute Gasteiger partial charge is 0.177 e. The number of hydrogen-bond donors (Lipinski definition) is 1. The highest BCUT2D eigenvalue weighted by Gasteiger charge is 2.21. The lowest BCUT2D eigenvalue weighted by Crippen LogP contribution is -2.37. The Morgan fingerprint density at radius 1 is 1.05 bits per heavy atom. The van der Waals surface area contributed by atoms with Gasteiger partial charge in [0.2, 0.25) is 0 Å². The number of piperidine rings is 1. The van der Waals surface area contributed by atoms with Crippen LogP contribution in [0.2, 0.25) is 0 Å². The number of anilines is 1. The van der Waals surface area contributed by atoms with Crippen LogP contribution in [0.4, 0.5) is 5.69 Å². The number of nitrogens with zero attached hydrogens (tertiary/aromatic N) is 1. The topological polar surface area (TPSA) is 83.6 Å². The summed E-state index contributed by atoms with van der Waals surface area (Å²) in [4.78, 5) is 2.28. The van der Waals surface area contributed by atoms with E-state index in [-0.39, 0.29) is 15.8 Å². The summed E-state index contributed by atoms with van der Waals surface area (Å²) in [5.74, 6) is 0. The maximum atomic E-state index is 12.0. The zero-order chi connectivity index (χ0) is 16.5. The molecule has 0 saturated carbocycles. The molecule has 8 heteroatoms. The van der Waals surface area contributed by atoms with Gasteiger partial charge in [0.1, 0.15) is 0 Å². The van der Waals surface area contributed by atoms with Crippen LogP contribution in [0.3, 0.4) is 0 Å². The van der Waals surface area contributed by atoms with E-state index >= 15 is 0 Å². The first-order chi connectivity index (χ1) is 10.1. The minimum atomic E-state index is -3.52. The van der Waals surface area contributed by atoms with Crippen LogP contribution < -0.4 is 5.32 Å². The lowest BCUT2D eigenvalue weighted by molar-refractivity contribution is 0.264. The molecule has 6 nitrogen and oxygen atoms in total. The van der Waals surface area contributed by atoms with Gasteiger partial charge in [-0.25, -0.2) is 16.8 Å². The van der Waals surface area contributed by atoms with Gasteiger partial charge in [-0.05, 0) is 51.2 Å². The number of sulfone groups is 2. The standard InChI is InChI=1S/C14H22N2O4S2/c1-16-8-6-11(7-9-16)15-13-5-4-12(21(2,17)18)10-14(13)22(3,19)20/h4-5,10-11,15H,6-9H2,1-3H3. The SMILES string of the molecule is CN1CCC(Nc2ccc(S(C)(=O)=O)cc2S(C)(=O)=O)CC1. The van der Waals surface area contributed by atoms with Crippen LogP contribution in [0.1, 0.15) is 12.8 Å². The highest BCUT2D eigenvalue weighted by Crippen LogP contribution is 2.27. The van der Waals surface area contributed by atoms with E-state index in [9.17, 15) is 16.8 Å². The van der Waals surface area contributed by atoms with Crippen LogP contribution in [-0.4, -0.2) is 60.4 Å². The number of benzene rings is 1. The molecule has 1 aromatic rings. The van der Waals surface area contributed by atoms with Crippen molar-refractivity contribution in [1.29, 1.82) is 0 Å². The predicted molar refractivity (Wildman–Crippen MR) is 86.8 cm³/mol. The van der Waals surface area contributed by atoms with Crippen molar-refractivity contribution in [2.24, 2.45) is 0 Å². The highest BCUT2D eigenvalue weighted by molar-refractivity contribution is 7.91. The van der Waals surface area contributed by atoms with Gasteiger partial charge in [-0.3, -0.25) is 0 Å². The second-order valence-corrected chi connectivity index (χ2v) is 9.92. The average molecular weight is 346 g/mol. The Morgan fingerprint density at radius 3 is 2.14 bits per heavy atom. The monoisotopic (exact) mass is 346 g/mol. The van der Waals surface area contributed by atoms with Gasteiger partial charge >= 0.3 is 0 Å². The maximum absolute atomic E-state index is 12.0. The molecule has 1 fully saturated rings. The molecule has 1 aliphatic heterocycles. The van der Waals surface area contributed by atoms with Gasteiger partial charge < -0.3 is 10.2 Å². The number of likely N-dealkylation sites (tertiary alicyclic amines) is 1. The summed E-state index contributed by atoms with van der Waals surface area (Å²) in [6.45, 7) is 1.90. The Hall–Kier alpha value is -1.12. The van der Waals surface area contributed by atoms with E-state index in [0.29, 0.717) is 5.69 Å². The number of rotatable bonds is 4. The Labute approximate surface area is 132 Å². The lowest BCUT2D eigenvalue weighted by atomic mass is 10.1. The molecular weight excluding hydrogens is 324 g/mol. The van der Waals surface area contributed by atoms with E-state index < -0.39 is 19.7 Å². The summed E-state index contributed by atoms with van der Waals surface area (Å²) in [6, 6.07) is 4.43. The van der Waals surface area contributed by atoms with E-state index in [1.165, 1.54) is 12.1 Å². The molecule has 22 heavy (non-hydrogen) atoms. The van der Waals surface area contributed by atoms with Crippen LogP contribution in [0.25, 0.3) is 0 Å². The first-order valence-electron chi connectivity index (χ1n) is 7.06. The molecular formula is C14H22N2O4S2. The summed E-state index contributed by atoms with van der Waals surface area (Å²) < 4.78 is 47.2. The molecule has 0 spiro atoms. The van der Waals surface area contributed by atoms with Crippen molar-refractivity contribution >= 4 is 25.4 Å². The molecule has 0 aliphatic carbocycles. The molecule has 0 amide bonds. The summed E-state index contributed by atoms with van der Waals surface area (Å²) in [7, 11) is -4.90. The summed E-state index contributed by atoms with van der Waals surface area (Å²) in [5.41, 5.74) is 0.476. The van der Waals surface area contributed by atoms with Crippen LogP contribution in [0, 0.1) is 0 Å². The summed E-state index contributed by atoms with van der Waals surface area (Å²) >= 11 is 0. The van der Waals surface area contributed by atoms with E-state index in [2.05, 4.69) is 17.3 Å². The molecule has 0 bridgehead atoms. The number of hydrogen-bond acceptors (Lipinski definition) is 6. The molecule has 0 unspecified atom stereocenters. The zero-order valence-corrected chi connectivity index (χ0v) is 14.7. The second kappa shape index (κ2) is 6.17. The van der Waals surface area contributed by atoms with Gasteiger partial charge in [-0.1, -0.05) is 0 Å². The van der Waals surface area contributed by atoms with Gasteiger partial charge in [0.05, 0.1) is 15.5 Å². The molecule has 2 rings (SSSR count). The van der Waals surface area contributed by atoms with Gasteiger partial charge in [0.25, 0.3) is 0 Å². The first kappa shape index (κ1) is 17.2. The largest absolute Gasteiger partial charge is 0.381 e. The third-order valence-corrected chi connectivity index (χ3v) is 6.11. The van der Waals surface area contributed by atoms with E-state index in [1.807, 2.05) is 0 Å². The van der Waals surface area contributed by atoms with Crippen molar-refractivity contribution in [2.45, 2.75) is 28.7 Å². The van der Waals surface area contributed by atoms with Crippen LogP contribution in [0.5, 0.6) is 0 Å². The Balaban J connectivity index is 2.35. The molecule has 1 saturated heterocycles. The molecule has 0 atom stereocenters. The van der Waals surface area contributed by atoms with Gasteiger partial charge in [0, 0.05) is 18.6 Å². The zero-order valence-electron chi connectivity index (χ0n) is 13.0. The lowest BCUT2D eigenvalue weighted by Gasteiger charge is -2.30.